The first-order valence-corrected chi connectivity index (χ1v) is 10.3. The third kappa shape index (κ3) is 3.72. The Morgan fingerprint density at radius 1 is 1.15 bits per heavy atom. The number of carbonyl (C=O) groups excluding carboxylic acids is 1. The van der Waals surface area contributed by atoms with E-state index in [0.717, 1.165) is 24.7 Å². The molecule has 2 aromatic carbocycles. The molecule has 8 nitrogen and oxygen atoms in total. The molecule has 138 valence electrons. The van der Waals surface area contributed by atoms with Gasteiger partial charge in [0.15, 0.2) is 15.7 Å². The van der Waals surface area contributed by atoms with Crippen molar-refractivity contribution < 1.29 is 13.2 Å². The van der Waals surface area contributed by atoms with Crippen LogP contribution in [0.3, 0.4) is 0 Å². The molecule has 0 atom stereocenters. The van der Waals surface area contributed by atoms with Gasteiger partial charge in [-0.25, -0.2) is 13.1 Å². The Kier molecular flexibility index (Phi) is 4.23. The second-order valence-corrected chi connectivity index (χ2v) is 8.53. The quantitative estimate of drug-likeness (QED) is 0.725. The molecular weight excluding hydrogens is 366 g/mol. The summed E-state index contributed by atoms with van der Waals surface area (Å²) in [6, 6.07) is 13.5. The van der Waals surface area contributed by atoms with Crippen LogP contribution in [0, 0.1) is 0 Å². The number of tetrazole rings is 1. The van der Waals surface area contributed by atoms with Crippen molar-refractivity contribution >= 4 is 21.4 Å². The lowest BCUT2D eigenvalue weighted by atomic mass is 10.1. The number of sulfone groups is 1. The number of rotatable bonds is 5. The smallest absolute Gasteiger partial charge is 0.255 e. The predicted molar refractivity (Wildman–Crippen MR) is 99.0 cm³/mol. The van der Waals surface area contributed by atoms with E-state index in [1.54, 1.807) is 24.3 Å². The molecule has 1 amide bonds. The number of carbonyl (C=O) groups is 1. The number of nitrogens with one attached hydrogen (secondary N) is 1. The molecule has 1 heterocycles. The van der Waals surface area contributed by atoms with Crippen LogP contribution in [0.15, 0.2) is 53.4 Å². The van der Waals surface area contributed by atoms with Crippen molar-refractivity contribution in [1.82, 2.24) is 20.2 Å². The first-order valence-electron chi connectivity index (χ1n) is 8.41. The highest BCUT2D eigenvalue weighted by molar-refractivity contribution is 7.90. The molecule has 27 heavy (non-hydrogen) atoms. The second kappa shape index (κ2) is 6.58. The summed E-state index contributed by atoms with van der Waals surface area (Å²) in [6.45, 7) is 0. The molecule has 1 aliphatic rings. The highest BCUT2D eigenvalue weighted by atomic mass is 32.2. The average Bonchev–Trinajstić information content (AvgIpc) is 3.38. The van der Waals surface area contributed by atoms with Crippen molar-refractivity contribution in [2.45, 2.75) is 23.8 Å². The van der Waals surface area contributed by atoms with E-state index in [-0.39, 0.29) is 16.4 Å². The molecule has 0 spiro atoms. The van der Waals surface area contributed by atoms with Gasteiger partial charge in [0.05, 0.1) is 10.9 Å². The van der Waals surface area contributed by atoms with Crippen LogP contribution in [0.5, 0.6) is 0 Å². The molecule has 9 heteroatoms. The van der Waals surface area contributed by atoms with Gasteiger partial charge in [0.25, 0.3) is 5.91 Å². The molecule has 0 saturated heterocycles. The molecule has 1 aliphatic carbocycles. The van der Waals surface area contributed by atoms with Crippen molar-refractivity contribution in [3.8, 4) is 11.4 Å². The molecule has 4 rings (SSSR count). The standard InChI is InChI=1S/C18H17N5O3S/c1-27(25,26)16-4-2-3-13(11-16)18(24)19-14-7-5-12(6-8-14)17-20-21-22-23(17)15-9-10-15/h2-8,11,15H,9-10H2,1H3,(H,19,24). The van der Waals surface area contributed by atoms with Crippen LogP contribution in [0.4, 0.5) is 5.69 Å². The van der Waals surface area contributed by atoms with Crippen molar-refractivity contribution in [2.24, 2.45) is 0 Å². The zero-order valence-corrected chi connectivity index (χ0v) is 15.3. The Morgan fingerprint density at radius 3 is 2.56 bits per heavy atom. The van der Waals surface area contributed by atoms with Crippen molar-refractivity contribution in [3.05, 3.63) is 54.1 Å². The second-order valence-electron chi connectivity index (χ2n) is 6.51. The van der Waals surface area contributed by atoms with Gasteiger partial charge in [-0.2, -0.15) is 0 Å². The zero-order chi connectivity index (χ0) is 19.0. The Bertz CT molecular complexity index is 1100. The van der Waals surface area contributed by atoms with Crippen LogP contribution in [0.25, 0.3) is 11.4 Å². The molecule has 3 aromatic rings. The number of nitrogens with zero attached hydrogens (tertiary/aromatic N) is 4. The summed E-state index contributed by atoms with van der Waals surface area (Å²) in [5, 5.41) is 14.6. The molecule has 1 saturated carbocycles. The van der Waals surface area contributed by atoms with E-state index in [1.807, 2.05) is 16.8 Å². The number of hydrogen-bond donors (Lipinski definition) is 1. The van der Waals surface area contributed by atoms with Gasteiger partial charge in [-0.3, -0.25) is 4.79 Å². The molecule has 0 aliphatic heterocycles. The fourth-order valence-corrected chi connectivity index (χ4v) is 3.39. The molecule has 1 fully saturated rings. The zero-order valence-electron chi connectivity index (χ0n) is 14.5. The molecule has 1 aromatic heterocycles. The number of aromatic nitrogens is 4. The Morgan fingerprint density at radius 2 is 1.89 bits per heavy atom. The maximum atomic E-state index is 12.4. The first kappa shape index (κ1) is 17.3. The molecular formula is C18H17N5O3S. The highest BCUT2D eigenvalue weighted by Crippen LogP contribution is 2.36. The van der Waals surface area contributed by atoms with Gasteiger partial charge in [-0.15, -0.1) is 5.10 Å². The lowest BCUT2D eigenvalue weighted by Gasteiger charge is -2.08. The topological polar surface area (TPSA) is 107 Å². The van der Waals surface area contributed by atoms with E-state index in [9.17, 15) is 13.2 Å². The summed E-state index contributed by atoms with van der Waals surface area (Å²) in [5.41, 5.74) is 1.74. The summed E-state index contributed by atoms with van der Waals surface area (Å²) >= 11 is 0. The monoisotopic (exact) mass is 383 g/mol. The highest BCUT2D eigenvalue weighted by Gasteiger charge is 2.28. The predicted octanol–water partition coefficient (Wildman–Crippen LogP) is 2.33. The van der Waals surface area contributed by atoms with Gasteiger partial charge in [0.1, 0.15) is 0 Å². The van der Waals surface area contributed by atoms with Gasteiger partial charge in [-0.05, 0) is 65.7 Å². The maximum absolute atomic E-state index is 12.4. The van der Waals surface area contributed by atoms with E-state index in [0.29, 0.717) is 17.6 Å². The Hall–Kier alpha value is -3.07. The molecule has 0 bridgehead atoms. The minimum Gasteiger partial charge on any atom is -0.322 e. The third-order valence-electron chi connectivity index (χ3n) is 4.31. The van der Waals surface area contributed by atoms with Crippen LogP contribution >= 0.6 is 0 Å². The van der Waals surface area contributed by atoms with Crippen LogP contribution in [0.2, 0.25) is 0 Å². The van der Waals surface area contributed by atoms with Crippen LogP contribution < -0.4 is 5.32 Å². The Balaban J connectivity index is 1.52. The fourth-order valence-electron chi connectivity index (χ4n) is 2.72. The van der Waals surface area contributed by atoms with E-state index >= 15 is 0 Å². The molecule has 1 N–H and O–H groups in total. The molecule has 0 radical (unpaired) electrons. The number of anilines is 1. The van der Waals surface area contributed by atoms with E-state index in [4.69, 9.17) is 0 Å². The lowest BCUT2D eigenvalue weighted by molar-refractivity contribution is 0.102. The van der Waals surface area contributed by atoms with Gasteiger partial charge >= 0.3 is 0 Å². The average molecular weight is 383 g/mol. The summed E-state index contributed by atoms with van der Waals surface area (Å²) in [6.07, 6.45) is 3.27. The van der Waals surface area contributed by atoms with Gasteiger partial charge < -0.3 is 5.32 Å². The first-order chi connectivity index (χ1) is 12.9. The van der Waals surface area contributed by atoms with Crippen molar-refractivity contribution in [2.75, 3.05) is 11.6 Å². The van der Waals surface area contributed by atoms with E-state index < -0.39 is 9.84 Å². The van der Waals surface area contributed by atoms with Crippen LogP contribution in [-0.4, -0.2) is 40.8 Å². The lowest BCUT2D eigenvalue weighted by Crippen LogP contribution is -2.12. The van der Waals surface area contributed by atoms with Gasteiger partial charge in [0, 0.05) is 23.1 Å². The van der Waals surface area contributed by atoms with E-state index in [2.05, 4.69) is 20.8 Å². The van der Waals surface area contributed by atoms with Crippen molar-refractivity contribution in [1.29, 1.82) is 0 Å². The summed E-state index contributed by atoms with van der Waals surface area (Å²) in [4.78, 5) is 12.5. The van der Waals surface area contributed by atoms with Crippen molar-refractivity contribution in [3.63, 3.8) is 0 Å². The van der Waals surface area contributed by atoms with Gasteiger partial charge in [0.2, 0.25) is 0 Å². The normalized spacial score (nSPS) is 14.1. The van der Waals surface area contributed by atoms with Crippen LogP contribution in [0.1, 0.15) is 29.2 Å². The summed E-state index contributed by atoms with van der Waals surface area (Å²) < 4.78 is 25.1. The maximum Gasteiger partial charge on any atom is 0.255 e. The Labute approximate surface area is 156 Å². The summed E-state index contributed by atoms with van der Waals surface area (Å²) in [7, 11) is -3.37. The van der Waals surface area contributed by atoms with E-state index in [1.165, 1.54) is 12.1 Å². The molecule has 0 unspecified atom stereocenters. The SMILES string of the molecule is CS(=O)(=O)c1cccc(C(=O)Nc2ccc(-c3nnnn3C3CC3)cc2)c1. The third-order valence-corrected chi connectivity index (χ3v) is 5.42. The van der Waals surface area contributed by atoms with Crippen LogP contribution in [-0.2, 0) is 9.84 Å². The number of hydrogen-bond acceptors (Lipinski definition) is 6. The largest absolute Gasteiger partial charge is 0.322 e. The van der Waals surface area contributed by atoms with Gasteiger partial charge in [-0.1, -0.05) is 6.07 Å². The minimum atomic E-state index is -3.37. The number of amides is 1. The fraction of sp³-hybridized carbons (Fsp3) is 0.222. The summed E-state index contributed by atoms with van der Waals surface area (Å²) in [5.74, 6) is 0.326. The number of benzene rings is 2. The minimum absolute atomic E-state index is 0.109.